The maximum atomic E-state index is 13.7. The van der Waals surface area contributed by atoms with E-state index in [1.165, 1.54) is 12.8 Å². The van der Waals surface area contributed by atoms with Gasteiger partial charge >= 0.3 is 0 Å². The van der Waals surface area contributed by atoms with Crippen LogP contribution in [0.25, 0.3) is 0 Å². The van der Waals surface area contributed by atoms with Crippen LogP contribution < -0.4 is 0 Å². The molecule has 2 aliphatic rings. The summed E-state index contributed by atoms with van der Waals surface area (Å²) in [5, 5.41) is 21.2. The van der Waals surface area contributed by atoms with Crippen LogP contribution in [0.3, 0.4) is 0 Å². The number of aromatic hydroxyl groups is 2. The highest BCUT2D eigenvalue weighted by atomic mass is 16.3. The Bertz CT molecular complexity index is 773. The van der Waals surface area contributed by atoms with E-state index in [0.29, 0.717) is 11.1 Å². The first-order valence-electron chi connectivity index (χ1n) is 10.8. The maximum Gasteiger partial charge on any atom is 0.193 e. The topological polar surface area (TPSA) is 57.5 Å². The summed E-state index contributed by atoms with van der Waals surface area (Å²) in [6.07, 6.45) is 11.1. The number of carbonyl (C=O) groups excluding carboxylic acids is 1. The second-order valence-electron chi connectivity index (χ2n) is 8.48. The third-order valence-electron chi connectivity index (χ3n) is 6.68. The normalized spacial score (nSPS) is 18.9. The Kier molecular flexibility index (Phi) is 5.70. The lowest BCUT2D eigenvalue weighted by molar-refractivity contribution is 0.103. The SMILES string of the molecule is O=C(c1cccc(O)c1C1CCCCC1)c1cccc(O)c1C1CCCCC1. The average Bonchev–Trinajstić information content (AvgIpc) is 2.74. The van der Waals surface area contributed by atoms with Crippen molar-refractivity contribution in [1.82, 2.24) is 0 Å². The minimum Gasteiger partial charge on any atom is -0.508 e. The molecule has 0 amide bonds. The van der Waals surface area contributed by atoms with Crippen molar-refractivity contribution in [2.75, 3.05) is 0 Å². The molecule has 0 heterocycles. The molecule has 2 aromatic carbocycles. The highest BCUT2D eigenvalue weighted by molar-refractivity contribution is 6.11. The van der Waals surface area contributed by atoms with Crippen LogP contribution in [0.4, 0.5) is 0 Å². The fourth-order valence-electron chi connectivity index (χ4n) is 5.29. The number of phenols is 2. The lowest BCUT2D eigenvalue weighted by Crippen LogP contribution is -2.15. The van der Waals surface area contributed by atoms with E-state index in [9.17, 15) is 15.0 Å². The third-order valence-corrected chi connectivity index (χ3v) is 6.68. The largest absolute Gasteiger partial charge is 0.508 e. The molecular formula is C25H30O3. The molecule has 0 aliphatic heterocycles. The van der Waals surface area contributed by atoms with Gasteiger partial charge in [0.1, 0.15) is 11.5 Å². The van der Waals surface area contributed by atoms with Crippen LogP contribution in [-0.2, 0) is 0 Å². The van der Waals surface area contributed by atoms with Gasteiger partial charge in [-0.25, -0.2) is 0 Å². The van der Waals surface area contributed by atoms with Gasteiger partial charge in [0.2, 0.25) is 0 Å². The van der Waals surface area contributed by atoms with Gasteiger partial charge in [-0.1, -0.05) is 62.8 Å². The molecule has 2 fully saturated rings. The second-order valence-corrected chi connectivity index (χ2v) is 8.48. The monoisotopic (exact) mass is 378 g/mol. The van der Waals surface area contributed by atoms with Crippen LogP contribution in [-0.4, -0.2) is 16.0 Å². The molecule has 2 saturated carbocycles. The Hall–Kier alpha value is -2.29. The summed E-state index contributed by atoms with van der Waals surface area (Å²) in [7, 11) is 0. The summed E-state index contributed by atoms with van der Waals surface area (Å²) in [5.41, 5.74) is 2.83. The minimum absolute atomic E-state index is 0.0621. The van der Waals surface area contributed by atoms with Crippen molar-refractivity contribution in [3.8, 4) is 11.5 Å². The molecule has 0 atom stereocenters. The van der Waals surface area contributed by atoms with E-state index < -0.39 is 0 Å². The summed E-state index contributed by atoms with van der Waals surface area (Å²) >= 11 is 0. The molecule has 0 unspecified atom stereocenters. The zero-order valence-corrected chi connectivity index (χ0v) is 16.5. The Morgan fingerprint density at radius 3 is 1.43 bits per heavy atom. The number of carbonyl (C=O) groups is 1. The van der Waals surface area contributed by atoms with Gasteiger partial charge in [-0.15, -0.1) is 0 Å². The van der Waals surface area contributed by atoms with Gasteiger partial charge < -0.3 is 10.2 Å². The first-order chi connectivity index (χ1) is 13.7. The molecule has 0 aromatic heterocycles. The molecule has 28 heavy (non-hydrogen) atoms. The number of ketones is 1. The van der Waals surface area contributed by atoms with E-state index in [4.69, 9.17) is 0 Å². The lowest BCUT2D eigenvalue weighted by Gasteiger charge is -2.27. The van der Waals surface area contributed by atoms with Gasteiger partial charge in [-0.3, -0.25) is 4.79 Å². The Balaban J connectivity index is 1.77. The minimum atomic E-state index is -0.0621. The van der Waals surface area contributed by atoms with Crippen LogP contribution in [0, 0.1) is 0 Å². The molecule has 148 valence electrons. The van der Waals surface area contributed by atoms with E-state index in [2.05, 4.69) is 0 Å². The zero-order valence-electron chi connectivity index (χ0n) is 16.5. The number of hydrogen-bond acceptors (Lipinski definition) is 3. The van der Waals surface area contributed by atoms with Crippen LogP contribution in [0.2, 0.25) is 0 Å². The Morgan fingerprint density at radius 1 is 0.643 bits per heavy atom. The summed E-state index contributed by atoms with van der Waals surface area (Å²) in [6.45, 7) is 0. The molecule has 2 N–H and O–H groups in total. The molecule has 2 aromatic rings. The molecule has 2 aliphatic carbocycles. The third kappa shape index (κ3) is 3.67. The standard InChI is InChI=1S/C25H30O3/c26-21-15-7-13-19(23(21)17-9-3-1-4-10-17)25(28)20-14-8-16-22(27)24(20)18-11-5-2-6-12-18/h7-8,13-18,26-27H,1-6,9-12H2. The van der Waals surface area contributed by atoms with Crippen LogP contribution >= 0.6 is 0 Å². The zero-order chi connectivity index (χ0) is 19.5. The Labute approximate surface area is 167 Å². The maximum absolute atomic E-state index is 13.7. The quantitative estimate of drug-likeness (QED) is 0.603. The second kappa shape index (κ2) is 8.38. The first-order valence-corrected chi connectivity index (χ1v) is 10.8. The number of benzene rings is 2. The van der Waals surface area contributed by atoms with Crippen molar-refractivity contribution >= 4 is 5.78 Å². The fraction of sp³-hybridized carbons (Fsp3) is 0.480. The molecule has 4 rings (SSSR count). The molecule has 0 bridgehead atoms. The fourth-order valence-corrected chi connectivity index (χ4v) is 5.29. The summed E-state index contributed by atoms with van der Waals surface area (Å²) < 4.78 is 0. The van der Waals surface area contributed by atoms with Crippen LogP contribution in [0.15, 0.2) is 36.4 Å². The van der Waals surface area contributed by atoms with Gasteiger partial charge in [0.15, 0.2) is 5.78 Å². The van der Waals surface area contributed by atoms with Crippen molar-refractivity contribution in [2.45, 2.75) is 76.0 Å². The molecule has 0 saturated heterocycles. The van der Waals surface area contributed by atoms with Crippen LogP contribution in [0.5, 0.6) is 11.5 Å². The molecule has 0 radical (unpaired) electrons. The van der Waals surface area contributed by atoms with Crippen LogP contribution in [0.1, 0.15) is 103 Å². The van der Waals surface area contributed by atoms with Gasteiger partial charge in [-0.2, -0.15) is 0 Å². The van der Waals surface area contributed by atoms with Crippen molar-refractivity contribution < 1.29 is 15.0 Å². The smallest absolute Gasteiger partial charge is 0.193 e. The summed E-state index contributed by atoms with van der Waals surface area (Å²) in [6, 6.07) is 10.6. The van der Waals surface area contributed by atoms with Gasteiger partial charge in [0.05, 0.1) is 0 Å². The van der Waals surface area contributed by atoms with Gasteiger partial charge in [0.25, 0.3) is 0 Å². The number of hydrogen-bond donors (Lipinski definition) is 2. The van der Waals surface area contributed by atoms with Crippen molar-refractivity contribution in [1.29, 1.82) is 0 Å². The Morgan fingerprint density at radius 2 is 1.04 bits per heavy atom. The summed E-state index contributed by atoms with van der Waals surface area (Å²) in [5.74, 6) is 0.885. The highest BCUT2D eigenvalue weighted by Gasteiger charge is 2.29. The van der Waals surface area contributed by atoms with Crippen molar-refractivity contribution in [3.63, 3.8) is 0 Å². The number of phenolic OH excluding ortho intramolecular Hbond substituents is 2. The number of rotatable bonds is 4. The molecule has 3 heteroatoms. The summed E-state index contributed by atoms with van der Waals surface area (Å²) in [4.78, 5) is 13.7. The highest BCUT2D eigenvalue weighted by Crippen LogP contribution is 2.42. The molecule has 0 spiro atoms. The predicted molar refractivity (Wildman–Crippen MR) is 111 cm³/mol. The van der Waals surface area contributed by atoms with Crippen molar-refractivity contribution in [2.24, 2.45) is 0 Å². The lowest BCUT2D eigenvalue weighted by atomic mass is 9.77. The van der Waals surface area contributed by atoms with Crippen molar-refractivity contribution in [3.05, 3.63) is 58.7 Å². The van der Waals surface area contributed by atoms with E-state index in [0.717, 1.165) is 62.5 Å². The molecule has 3 nitrogen and oxygen atoms in total. The molecular weight excluding hydrogens is 348 g/mol. The first kappa shape index (κ1) is 19.0. The van der Waals surface area contributed by atoms with E-state index >= 15 is 0 Å². The van der Waals surface area contributed by atoms with Gasteiger partial charge in [0, 0.05) is 22.3 Å². The van der Waals surface area contributed by atoms with E-state index in [-0.39, 0.29) is 29.1 Å². The van der Waals surface area contributed by atoms with Gasteiger partial charge in [-0.05, 0) is 49.7 Å². The average molecular weight is 379 g/mol. The van der Waals surface area contributed by atoms with E-state index in [1.807, 2.05) is 12.1 Å². The van der Waals surface area contributed by atoms with E-state index in [1.54, 1.807) is 24.3 Å². The predicted octanol–water partition coefficient (Wildman–Crippen LogP) is 6.42.